The van der Waals surface area contributed by atoms with Gasteiger partial charge in [0.1, 0.15) is 0 Å². The van der Waals surface area contributed by atoms with E-state index in [0.29, 0.717) is 0 Å². The molecule has 0 aliphatic heterocycles. The van der Waals surface area contributed by atoms with Gasteiger partial charge < -0.3 is 9.52 Å². The predicted octanol–water partition coefficient (Wildman–Crippen LogP) is 1.98. The fourth-order valence-electron chi connectivity index (χ4n) is 0.972. The van der Waals surface area contributed by atoms with Gasteiger partial charge in [-0.25, -0.2) is 0 Å². The Morgan fingerprint density at radius 2 is 2.45 bits per heavy atom. The van der Waals surface area contributed by atoms with Crippen molar-refractivity contribution in [2.24, 2.45) is 0 Å². The molecule has 0 spiro atoms. The third-order valence-electron chi connectivity index (χ3n) is 1.82. The number of hydrogen-bond acceptors (Lipinski definition) is 2. The highest BCUT2D eigenvalue weighted by Gasteiger charge is 2.01. The maximum absolute atomic E-state index is 9.23. The Morgan fingerprint density at radius 3 is 3.00 bits per heavy atom. The van der Waals surface area contributed by atoms with E-state index in [-0.39, 0.29) is 6.10 Å². The monoisotopic (exact) mass is 154 g/mol. The lowest BCUT2D eigenvalue weighted by Gasteiger charge is -2.04. The molecular formula is C9H14O2. The van der Waals surface area contributed by atoms with Crippen molar-refractivity contribution in [1.29, 1.82) is 0 Å². The van der Waals surface area contributed by atoms with Crippen LogP contribution in [0.15, 0.2) is 23.0 Å². The molecular weight excluding hydrogens is 140 g/mol. The number of aryl methyl sites for hydroxylation is 1. The quantitative estimate of drug-likeness (QED) is 0.719. The molecule has 2 nitrogen and oxygen atoms in total. The topological polar surface area (TPSA) is 33.4 Å². The molecule has 1 rings (SSSR count). The molecule has 11 heavy (non-hydrogen) atoms. The van der Waals surface area contributed by atoms with Gasteiger partial charge in [0.15, 0.2) is 0 Å². The minimum absolute atomic E-state index is 0.162. The Labute approximate surface area is 66.8 Å². The highest BCUT2D eigenvalue weighted by Crippen LogP contribution is 2.06. The Hall–Kier alpha value is -0.760. The van der Waals surface area contributed by atoms with Crippen molar-refractivity contribution < 1.29 is 9.52 Å². The van der Waals surface area contributed by atoms with Crippen LogP contribution >= 0.6 is 0 Å². The van der Waals surface area contributed by atoms with Crippen LogP contribution in [0.25, 0.3) is 0 Å². The van der Waals surface area contributed by atoms with Crippen LogP contribution < -0.4 is 0 Å². The minimum Gasteiger partial charge on any atom is -0.472 e. The lowest BCUT2D eigenvalue weighted by Crippen LogP contribution is -2.04. The minimum atomic E-state index is -0.162. The molecule has 1 unspecified atom stereocenters. The van der Waals surface area contributed by atoms with Crippen LogP contribution in [0.2, 0.25) is 0 Å². The van der Waals surface area contributed by atoms with Crippen molar-refractivity contribution in [1.82, 2.24) is 0 Å². The number of furan rings is 1. The van der Waals surface area contributed by atoms with Gasteiger partial charge >= 0.3 is 0 Å². The summed E-state index contributed by atoms with van der Waals surface area (Å²) in [4.78, 5) is 0. The van der Waals surface area contributed by atoms with E-state index in [1.807, 2.05) is 13.0 Å². The molecule has 62 valence electrons. The molecule has 0 aromatic carbocycles. The van der Waals surface area contributed by atoms with Gasteiger partial charge in [-0.15, -0.1) is 0 Å². The van der Waals surface area contributed by atoms with Gasteiger partial charge in [0, 0.05) is 0 Å². The van der Waals surface area contributed by atoms with Gasteiger partial charge in [0.05, 0.1) is 18.6 Å². The average molecular weight is 154 g/mol. The van der Waals surface area contributed by atoms with E-state index in [0.717, 1.165) is 24.8 Å². The molecule has 0 amide bonds. The van der Waals surface area contributed by atoms with Crippen LogP contribution in [0.4, 0.5) is 0 Å². The summed E-state index contributed by atoms with van der Waals surface area (Å²) >= 11 is 0. The molecule has 1 aromatic rings. The van der Waals surface area contributed by atoms with Crippen molar-refractivity contribution >= 4 is 0 Å². The van der Waals surface area contributed by atoms with Crippen LogP contribution in [-0.4, -0.2) is 11.2 Å². The van der Waals surface area contributed by atoms with Crippen molar-refractivity contribution in [2.75, 3.05) is 0 Å². The van der Waals surface area contributed by atoms with Crippen molar-refractivity contribution in [2.45, 2.75) is 32.3 Å². The van der Waals surface area contributed by atoms with Crippen LogP contribution in [-0.2, 0) is 6.42 Å². The van der Waals surface area contributed by atoms with E-state index in [4.69, 9.17) is 4.42 Å². The fraction of sp³-hybridized carbons (Fsp3) is 0.556. The third kappa shape index (κ3) is 2.76. The smallest absolute Gasteiger partial charge is 0.0934 e. The summed E-state index contributed by atoms with van der Waals surface area (Å²) in [5, 5.41) is 9.23. The number of hydrogen-bond donors (Lipinski definition) is 1. The van der Waals surface area contributed by atoms with Gasteiger partial charge in [0.25, 0.3) is 0 Å². The number of rotatable bonds is 4. The summed E-state index contributed by atoms with van der Waals surface area (Å²) in [6.07, 6.45) is 5.79. The molecule has 0 aliphatic carbocycles. The van der Waals surface area contributed by atoms with Crippen molar-refractivity contribution in [3.8, 4) is 0 Å². The number of aliphatic hydroxyl groups is 1. The van der Waals surface area contributed by atoms with Gasteiger partial charge in [-0.05, 0) is 30.9 Å². The molecule has 0 radical (unpaired) electrons. The second-order valence-electron chi connectivity index (χ2n) is 2.73. The van der Waals surface area contributed by atoms with E-state index in [9.17, 15) is 5.11 Å². The third-order valence-corrected chi connectivity index (χ3v) is 1.82. The van der Waals surface area contributed by atoms with E-state index in [1.54, 1.807) is 12.5 Å². The molecule has 0 fully saturated rings. The van der Waals surface area contributed by atoms with Crippen LogP contribution in [0.5, 0.6) is 0 Å². The molecule has 0 saturated carbocycles. The first-order valence-electron chi connectivity index (χ1n) is 4.02. The van der Waals surface area contributed by atoms with E-state index in [1.165, 1.54) is 0 Å². The highest BCUT2D eigenvalue weighted by molar-refractivity contribution is 5.05. The molecule has 2 heteroatoms. The van der Waals surface area contributed by atoms with Crippen LogP contribution in [0, 0.1) is 0 Å². The fourth-order valence-corrected chi connectivity index (χ4v) is 0.972. The van der Waals surface area contributed by atoms with Crippen molar-refractivity contribution in [3.05, 3.63) is 24.2 Å². The van der Waals surface area contributed by atoms with E-state index < -0.39 is 0 Å². The molecule has 1 atom stereocenters. The summed E-state index contributed by atoms with van der Waals surface area (Å²) in [6, 6.07) is 1.93. The van der Waals surface area contributed by atoms with E-state index >= 15 is 0 Å². The Balaban J connectivity index is 2.23. The zero-order chi connectivity index (χ0) is 8.10. The zero-order valence-corrected chi connectivity index (χ0v) is 6.79. The van der Waals surface area contributed by atoms with Gasteiger partial charge in [-0.2, -0.15) is 0 Å². The summed E-state index contributed by atoms with van der Waals surface area (Å²) in [6.45, 7) is 1.99. The van der Waals surface area contributed by atoms with Crippen LogP contribution in [0.1, 0.15) is 25.3 Å². The van der Waals surface area contributed by atoms with Gasteiger partial charge in [-0.1, -0.05) is 6.92 Å². The highest BCUT2D eigenvalue weighted by atomic mass is 16.3. The van der Waals surface area contributed by atoms with Crippen LogP contribution in [0.3, 0.4) is 0 Å². The van der Waals surface area contributed by atoms with Gasteiger partial charge in [0.2, 0.25) is 0 Å². The molecule has 0 bridgehead atoms. The summed E-state index contributed by atoms with van der Waals surface area (Å²) in [5.74, 6) is 0. The lowest BCUT2D eigenvalue weighted by molar-refractivity contribution is 0.160. The largest absolute Gasteiger partial charge is 0.472 e. The molecule has 1 heterocycles. The second-order valence-corrected chi connectivity index (χ2v) is 2.73. The first-order chi connectivity index (χ1) is 5.33. The maximum Gasteiger partial charge on any atom is 0.0934 e. The summed E-state index contributed by atoms with van der Waals surface area (Å²) in [7, 11) is 0. The standard InChI is InChI=1S/C9H14O2/c1-2-9(10)4-3-8-5-6-11-7-8/h5-7,9-10H,2-4H2,1H3. The second kappa shape index (κ2) is 4.19. The molecule has 0 aliphatic rings. The number of aliphatic hydroxyl groups excluding tert-OH is 1. The molecule has 0 saturated heterocycles. The summed E-state index contributed by atoms with van der Waals surface area (Å²) < 4.78 is 4.90. The Bertz CT molecular complexity index is 179. The first kappa shape index (κ1) is 8.34. The van der Waals surface area contributed by atoms with E-state index in [2.05, 4.69) is 0 Å². The Kier molecular flexibility index (Phi) is 3.17. The first-order valence-corrected chi connectivity index (χ1v) is 4.02. The lowest BCUT2D eigenvalue weighted by atomic mass is 10.1. The maximum atomic E-state index is 9.23. The normalized spacial score (nSPS) is 13.3. The Morgan fingerprint density at radius 1 is 1.64 bits per heavy atom. The zero-order valence-electron chi connectivity index (χ0n) is 6.79. The summed E-state index contributed by atoms with van der Waals surface area (Å²) in [5.41, 5.74) is 1.16. The van der Waals surface area contributed by atoms with Crippen molar-refractivity contribution in [3.63, 3.8) is 0 Å². The molecule has 1 aromatic heterocycles. The average Bonchev–Trinajstić information content (AvgIpc) is 2.52. The van der Waals surface area contributed by atoms with Gasteiger partial charge in [-0.3, -0.25) is 0 Å². The molecule has 1 N–H and O–H groups in total. The predicted molar refractivity (Wildman–Crippen MR) is 43.3 cm³/mol. The SMILES string of the molecule is CCC(O)CCc1ccoc1.